The highest BCUT2D eigenvalue weighted by molar-refractivity contribution is 6.30. The predicted octanol–water partition coefficient (Wildman–Crippen LogP) is 2.62. The molecule has 4 aromatic rings. The zero-order chi connectivity index (χ0) is 24.1. The Morgan fingerprint density at radius 1 is 1.15 bits per heavy atom. The highest BCUT2D eigenvalue weighted by Gasteiger charge is 2.37. The van der Waals surface area contributed by atoms with Crippen LogP contribution in [-0.4, -0.2) is 35.3 Å². The minimum Gasteiger partial charge on any atom is -0.467 e. The molecule has 0 saturated heterocycles. The fourth-order valence-corrected chi connectivity index (χ4v) is 4.33. The lowest BCUT2D eigenvalue weighted by molar-refractivity contribution is -0.136. The summed E-state index contributed by atoms with van der Waals surface area (Å²) in [6.45, 7) is 1.67. The van der Waals surface area contributed by atoms with Crippen molar-refractivity contribution in [2.24, 2.45) is 19.2 Å². The van der Waals surface area contributed by atoms with Gasteiger partial charge in [-0.15, -0.1) is 0 Å². The van der Waals surface area contributed by atoms with E-state index in [2.05, 4.69) is 10.1 Å². The summed E-state index contributed by atoms with van der Waals surface area (Å²) in [5.41, 5.74) is 0.928. The molecule has 0 fully saturated rings. The van der Waals surface area contributed by atoms with E-state index in [1.165, 1.54) is 34.6 Å². The van der Waals surface area contributed by atoms with Gasteiger partial charge >= 0.3 is 5.69 Å². The second-order valence-corrected chi connectivity index (χ2v) is 8.61. The number of nitrogens with zero attached hydrogens (tertiary/aromatic N) is 6. The van der Waals surface area contributed by atoms with Gasteiger partial charge in [-0.25, -0.2) is 14.8 Å². The summed E-state index contributed by atoms with van der Waals surface area (Å²) >= 11 is 6.02. The second-order valence-electron chi connectivity index (χ2n) is 8.18. The van der Waals surface area contributed by atoms with Crippen molar-refractivity contribution in [1.82, 2.24) is 23.7 Å². The third-order valence-corrected chi connectivity index (χ3v) is 6.39. The number of aromatic nitrogens is 4. The Kier molecular flexibility index (Phi) is 5.24. The van der Waals surface area contributed by atoms with Gasteiger partial charge in [0.25, 0.3) is 11.5 Å². The number of halogens is 1. The minimum absolute atomic E-state index is 0.168. The first-order valence-corrected chi connectivity index (χ1v) is 11.0. The van der Waals surface area contributed by atoms with E-state index in [0.29, 0.717) is 22.9 Å². The van der Waals surface area contributed by atoms with Crippen LogP contribution in [0.5, 0.6) is 0 Å². The first-order valence-electron chi connectivity index (χ1n) is 10.6. The van der Waals surface area contributed by atoms with E-state index < -0.39 is 23.3 Å². The van der Waals surface area contributed by atoms with Gasteiger partial charge in [0.1, 0.15) is 17.8 Å². The number of furan rings is 1. The van der Waals surface area contributed by atoms with E-state index in [-0.39, 0.29) is 17.1 Å². The van der Waals surface area contributed by atoms with Crippen LogP contribution in [0.15, 0.2) is 68.1 Å². The van der Waals surface area contributed by atoms with Crippen LogP contribution in [0.4, 0.5) is 0 Å². The zero-order valence-electron chi connectivity index (χ0n) is 18.7. The van der Waals surface area contributed by atoms with E-state index in [9.17, 15) is 14.4 Å². The molecule has 34 heavy (non-hydrogen) atoms. The van der Waals surface area contributed by atoms with Crippen molar-refractivity contribution in [2.45, 2.75) is 25.4 Å². The molecule has 1 aliphatic heterocycles. The molecule has 0 spiro atoms. The van der Waals surface area contributed by atoms with Gasteiger partial charge in [0.05, 0.1) is 18.3 Å². The van der Waals surface area contributed by atoms with Crippen LogP contribution in [0.3, 0.4) is 0 Å². The first kappa shape index (κ1) is 21.9. The van der Waals surface area contributed by atoms with Gasteiger partial charge in [0.2, 0.25) is 0 Å². The SMILES string of the molecule is C[C@H](C(=O)N1N=C(c2ccc(Cl)cc2)C[C@@H]1c1ccco1)n1cnc2c1c(=O)n(C)c(=O)n2C. The maximum absolute atomic E-state index is 13.7. The van der Waals surface area contributed by atoms with Gasteiger partial charge in [-0.2, -0.15) is 5.10 Å². The Morgan fingerprint density at radius 3 is 2.56 bits per heavy atom. The third kappa shape index (κ3) is 3.38. The van der Waals surface area contributed by atoms with Crippen molar-refractivity contribution < 1.29 is 9.21 Å². The van der Waals surface area contributed by atoms with Gasteiger partial charge in [-0.1, -0.05) is 23.7 Å². The van der Waals surface area contributed by atoms with Crippen LogP contribution in [0.1, 0.15) is 36.8 Å². The molecule has 0 bridgehead atoms. The molecular weight excluding hydrogens is 460 g/mol. The predicted molar refractivity (Wildman–Crippen MR) is 126 cm³/mol. The molecule has 1 aromatic carbocycles. The normalized spacial score (nSPS) is 16.8. The van der Waals surface area contributed by atoms with Gasteiger partial charge < -0.3 is 8.98 Å². The quantitative estimate of drug-likeness (QED) is 0.446. The van der Waals surface area contributed by atoms with Crippen molar-refractivity contribution in [1.29, 1.82) is 0 Å². The molecule has 10 nitrogen and oxygen atoms in total. The number of carbonyl (C=O) groups is 1. The Morgan fingerprint density at radius 2 is 1.88 bits per heavy atom. The van der Waals surface area contributed by atoms with Crippen LogP contribution in [0.2, 0.25) is 5.02 Å². The van der Waals surface area contributed by atoms with Crippen LogP contribution < -0.4 is 11.2 Å². The van der Waals surface area contributed by atoms with Crippen molar-refractivity contribution in [3.8, 4) is 0 Å². The number of benzene rings is 1. The second kappa shape index (κ2) is 8.14. The number of hydrazone groups is 1. The molecule has 3 aromatic heterocycles. The summed E-state index contributed by atoms with van der Waals surface area (Å²) in [6.07, 6.45) is 3.40. The van der Waals surface area contributed by atoms with Crippen molar-refractivity contribution in [2.75, 3.05) is 0 Å². The summed E-state index contributed by atoms with van der Waals surface area (Å²) in [6, 6.07) is 9.54. The monoisotopic (exact) mass is 480 g/mol. The van der Waals surface area contributed by atoms with Crippen LogP contribution in [-0.2, 0) is 18.9 Å². The Labute approximate surface area is 198 Å². The molecule has 0 radical (unpaired) electrons. The summed E-state index contributed by atoms with van der Waals surface area (Å²) in [4.78, 5) is 43.0. The van der Waals surface area contributed by atoms with Crippen molar-refractivity contribution in [3.05, 3.63) is 86.2 Å². The van der Waals surface area contributed by atoms with E-state index in [0.717, 1.165) is 10.1 Å². The molecule has 5 rings (SSSR count). The molecule has 2 atom stereocenters. The van der Waals surface area contributed by atoms with E-state index in [1.807, 2.05) is 12.1 Å². The standard InChI is InChI=1S/C23H21ClN6O4/c1-13(29-12-25-20-19(29)22(32)28(3)23(33)27(20)2)21(31)30-17(18-5-4-10-34-18)11-16(26-30)14-6-8-15(24)9-7-14/h4-10,12-13,17H,11H2,1-3H3/t13-,17-/m1/s1. The lowest BCUT2D eigenvalue weighted by Crippen LogP contribution is -2.39. The average Bonchev–Trinajstić information content (AvgIpc) is 3.59. The first-order chi connectivity index (χ1) is 16.3. The Bertz CT molecular complexity index is 1550. The van der Waals surface area contributed by atoms with Gasteiger partial charge in [0, 0.05) is 25.5 Å². The van der Waals surface area contributed by atoms with Gasteiger partial charge in [0.15, 0.2) is 11.2 Å². The molecule has 0 N–H and O–H groups in total. The highest BCUT2D eigenvalue weighted by Crippen LogP contribution is 2.35. The maximum Gasteiger partial charge on any atom is 0.332 e. The Hall–Kier alpha value is -3.92. The minimum atomic E-state index is -0.819. The molecule has 4 heterocycles. The summed E-state index contributed by atoms with van der Waals surface area (Å²) in [5, 5.41) is 6.63. The number of fused-ring (bicyclic) bond motifs is 1. The molecule has 0 aliphatic carbocycles. The van der Waals surface area contributed by atoms with Gasteiger partial charge in [-0.05, 0) is 36.8 Å². The molecule has 0 unspecified atom stereocenters. The summed E-state index contributed by atoms with van der Waals surface area (Å²) < 4.78 is 9.36. The summed E-state index contributed by atoms with van der Waals surface area (Å²) in [7, 11) is 2.92. The number of rotatable bonds is 4. The van der Waals surface area contributed by atoms with E-state index in [4.69, 9.17) is 16.0 Å². The van der Waals surface area contributed by atoms with Crippen molar-refractivity contribution >= 4 is 34.4 Å². The number of hydrogen-bond donors (Lipinski definition) is 0. The molecule has 11 heteroatoms. The number of carbonyl (C=O) groups excluding carboxylic acids is 1. The lowest BCUT2D eigenvalue weighted by Gasteiger charge is -2.24. The smallest absolute Gasteiger partial charge is 0.332 e. The number of aryl methyl sites for hydroxylation is 1. The van der Waals surface area contributed by atoms with Crippen LogP contribution >= 0.6 is 11.6 Å². The number of imidazole rings is 1. The fourth-order valence-electron chi connectivity index (χ4n) is 4.20. The molecule has 1 aliphatic rings. The van der Waals surface area contributed by atoms with Crippen LogP contribution in [0.25, 0.3) is 11.2 Å². The molecule has 1 amide bonds. The molecule has 0 saturated carbocycles. The fraction of sp³-hybridized carbons (Fsp3) is 0.261. The lowest BCUT2D eigenvalue weighted by atomic mass is 10.0. The van der Waals surface area contributed by atoms with E-state index >= 15 is 0 Å². The van der Waals surface area contributed by atoms with E-state index in [1.54, 1.807) is 37.5 Å². The Balaban J connectivity index is 1.57. The molecule has 174 valence electrons. The topological polar surface area (TPSA) is 108 Å². The molecular formula is C23H21ClN6O4. The largest absolute Gasteiger partial charge is 0.467 e. The maximum atomic E-state index is 13.7. The number of hydrogen-bond acceptors (Lipinski definition) is 6. The van der Waals surface area contributed by atoms with Crippen molar-refractivity contribution in [3.63, 3.8) is 0 Å². The highest BCUT2D eigenvalue weighted by atomic mass is 35.5. The van der Waals surface area contributed by atoms with Crippen LogP contribution in [0, 0.1) is 0 Å². The average molecular weight is 481 g/mol. The van der Waals surface area contributed by atoms with Gasteiger partial charge in [-0.3, -0.25) is 18.7 Å². The third-order valence-electron chi connectivity index (χ3n) is 6.13. The number of amides is 1. The zero-order valence-corrected chi connectivity index (χ0v) is 19.4. The summed E-state index contributed by atoms with van der Waals surface area (Å²) in [5.74, 6) is 0.252.